The molecule has 0 aromatic heterocycles. The number of methoxy groups -OCH3 is 1. The summed E-state index contributed by atoms with van der Waals surface area (Å²) >= 11 is 0. The van der Waals surface area contributed by atoms with Crippen molar-refractivity contribution in [3.05, 3.63) is 69.5 Å². The van der Waals surface area contributed by atoms with Crippen molar-refractivity contribution < 1.29 is 18.8 Å². The second-order valence-corrected chi connectivity index (χ2v) is 4.30. The van der Waals surface area contributed by atoms with E-state index in [2.05, 4.69) is 0 Å². The van der Waals surface area contributed by atoms with E-state index in [1.165, 1.54) is 37.4 Å². The maximum absolute atomic E-state index is 13.8. The number of nitrogens with zero attached hydrogens (tertiary/aromatic N) is 1. The summed E-state index contributed by atoms with van der Waals surface area (Å²) in [5, 5.41) is 10.9. The smallest absolute Gasteiger partial charge is 0.273 e. The van der Waals surface area contributed by atoms with Gasteiger partial charge in [0.1, 0.15) is 11.6 Å². The van der Waals surface area contributed by atoms with Gasteiger partial charge in [0.25, 0.3) is 5.69 Å². The predicted molar refractivity (Wildman–Crippen MR) is 74.1 cm³/mol. The highest BCUT2D eigenvalue weighted by molar-refractivity contribution is 6.00. The fourth-order valence-corrected chi connectivity index (χ4v) is 2.04. The van der Waals surface area contributed by atoms with Crippen molar-refractivity contribution in [1.29, 1.82) is 0 Å². The molecule has 0 saturated carbocycles. The maximum Gasteiger partial charge on any atom is 0.273 e. The van der Waals surface area contributed by atoms with Crippen molar-refractivity contribution in [2.75, 3.05) is 7.11 Å². The number of hydrogen-bond acceptors (Lipinski definition) is 4. The van der Waals surface area contributed by atoms with Gasteiger partial charge in [0.2, 0.25) is 0 Å². The summed E-state index contributed by atoms with van der Waals surface area (Å²) in [4.78, 5) is 22.6. The molecule has 0 aliphatic rings. The van der Waals surface area contributed by atoms with E-state index in [9.17, 15) is 19.3 Å². The number of carbonyl (C=O) groups excluding carboxylic acids is 1. The Morgan fingerprint density at radius 3 is 2.62 bits per heavy atom. The highest BCUT2D eigenvalue weighted by atomic mass is 19.1. The first kappa shape index (κ1) is 14.6. The quantitative estimate of drug-likeness (QED) is 0.481. The third kappa shape index (κ3) is 3.05. The van der Waals surface area contributed by atoms with Crippen molar-refractivity contribution in [3.63, 3.8) is 0 Å². The molecule has 0 N–H and O–H groups in total. The lowest BCUT2D eigenvalue weighted by Crippen LogP contribution is -2.09. The van der Waals surface area contributed by atoms with Crippen LogP contribution in [0.5, 0.6) is 5.75 Å². The molecule has 0 radical (unpaired) electrons. The summed E-state index contributed by atoms with van der Waals surface area (Å²) in [5.41, 5.74) is -0.128. The van der Waals surface area contributed by atoms with Crippen molar-refractivity contribution in [1.82, 2.24) is 0 Å². The van der Waals surface area contributed by atoms with Crippen LogP contribution in [0, 0.1) is 15.9 Å². The molecule has 2 aromatic carbocycles. The average molecular weight is 289 g/mol. The minimum atomic E-state index is -0.710. The number of carbonyl (C=O) groups is 1. The van der Waals surface area contributed by atoms with Gasteiger partial charge in [0.05, 0.1) is 17.6 Å². The zero-order valence-corrected chi connectivity index (χ0v) is 11.2. The van der Waals surface area contributed by atoms with Gasteiger partial charge in [-0.05, 0) is 12.1 Å². The van der Waals surface area contributed by atoms with E-state index in [1.807, 2.05) is 0 Å². The standard InChI is InChI=1S/C15H12FNO4/c1-21-14-8-4-6-11(16)15(14)13(18)9-10-5-2-3-7-12(10)17(19)20/h2-8H,9H2,1H3. The molecule has 2 rings (SSSR count). The number of para-hydroxylation sites is 1. The molecule has 0 bridgehead atoms. The summed E-state index contributed by atoms with van der Waals surface area (Å²) in [5.74, 6) is -1.17. The number of hydrogen-bond donors (Lipinski definition) is 0. The second kappa shape index (κ2) is 6.13. The number of rotatable bonds is 5. The van der Waals surface area contributed by atoms with Gasteiger partial charge in [0.15, 0.2) is 5.78 Å². The monoisotopic (exact) mass is 289 g/mol. The molecule has 6 heteroatoms. The lowest BCUT2D eigenvalue weighted by atomic mass is 10.0. The van der Waals surface area contributed by atoms with Crippen LogP contribution in [-0.2, 0) is 6.42 Å². The van der Waals surface area contributed by atoms with Gasteiger partial charge < -0.3 is 4.74 Å². The van der Waals surface area contributed by atoms with Gasteiger partial charge in [-0.1, -0.05) is 24.3 Å². The highest BCUT2D eigenvalue weighted by Gasteiger charge is 2.21. The molecule has 2 aromatic rings. The first-order valence-electron chi connectivity index (χ1n) is 6.12. The van der Waals surface area contributed by atoms with E-state index >= 15 is 0 Å². The normalized spacial score (nSPS) is 10.2. The van der Waals surface area contributed by atoms with Crippen LogP contribution in [0.15, 0.2) is 42.5 Å². The molecule has 0 atom stereocenters. The molecule has 0 spiro atoms. The van der Waals surface area contributed by atoms with Gasteiger partial charge in [-0.15, -0.1) is 0 Å². The van der Waals surface area contributed by atoms with Crippen molar-refractivity contribution in [2.24, 2.45) is 0 Å². The summed E-state index contributed by atoms with van der Waals surface area (Å²) < 4.78 is 18.8. The molecule has 5 nitrogen and oxygen atoms in total. The van der Waals surface area contributed by atoms with Crippen LogP contribution < -0.4 is 4.74 Å². The first-order valence-corrected chi connectivity index (χ1v) is 6.12. The Morgan fingerprint density at radius 2 is 1.95 bits per heavy atom. The number of benzene rings is 2. The zero-order chi connectivity index (χ0) is 15.4. The average Bonchev–Trinajstić information content (AvgIpc) is 2.47. The molecule has 108 valence electrons. The number of nitro benzene ring substituents is 1. The van der Waals surface area contributed by atoms with Crippen LogP contribution in [0.25, 0.3) is 0 Å². The number of nitro groups is 1. The van der Waals surface area contributed by atoms with E-state index in [0.717, 1.165) is 6.07 Å². The molecule has 21 heavy (non-hydrogen) atoms. The summed E-state index contributed by atoms with van der Waals surface area (Å²) in [6, 6.07) is 9.93. The van der Waals surface area contributed by atoms with E-state index in [4.69, 9.17) is 4.74 Å². The molecular formula is C15H12FNO4. The van der Waals surface area contributed by atoms with Gasteiger partial charge in [0, 0.05) is 18.1 Å². The molecule has 0 saturated heterocycles. The van der Waals surface area contributed by atoms with Gasteiger partial charge in [-0.2, -0.15) is 0 Å². The number of ether oxygens (including phenoxy) is 1. The fraction of sp³-hybridized carbons (Fsp3) is 0.133. The Kier molecular flexibility index (Phi) is 4.27. The Balaban J connectivity index is 2.38. The highest BCUT2D eigenvalue weighted by Crippen LogP contribution is 2.25. The SMILES string of the molecule is COc1cccc(F)c1C(=O)Cc1ccccc1[N+](=O)[O-]. The largest absolute Gasteiger partial charge is 0.496 e. The topological polar surface area (TPSA) is 69.4 Å². The molecule has 0 aliphatic heterocycles. The minimum Gasteiger partial charge on any atom is -0.496 e. The lowest BCUT2D eigenvalue weighted by Gasteiger charge is -2.08. The Bertz CT molecular complexity index is 700. The number of halogens is 1. The molecule has 0 heterocycles. The van der Waals surface area contributed by atoms with Crippen molar-refractivity contribution >= 4 is 11.5 Å². The van der Waals surface area contributed by atoms with Gasteiger partial charge in [-0.25, -0.2) is 4.39 Å². The predicted octanol–water partition coefficient (Wildman–Crippen LogP) is 3.17. The molecule has 0 unspecified atom stereocenters. The van der Waals surface area contributed by atoms with Crippen LogP contribution in [0.1, 0.15) is 15.9 Å². The second-order valence-electron chi connectivity index (χ2n) is 4.30. The first-order chi connectivity index (χ1) is 10.0. The molecular weight excluding hydrogens is 277 g/mol. The summed E-state index contributed by atoms with van der Waals surface area (Å²) in [7, 11) is 1.33. The van der Waals surface area contributed by atoms with Crippen LogP contribution in [0.3, 0.4) is 0 Å². The number of Topliss-reactive ketones (excluding diaryl/α,β-unsaturated/α-hetero) is 1. The fourth-order valence-electron chi connectivity index (χ4n) is 2.04. The lowest BCUT2D eigenvalue weighted by molar-refractivity contribution is -0.385. The van der Waals surface area contributed by atoms with Gasteiger partial charge in [-0.3, -0.25) is 14.9 Å². The third-order valence-electron chi connectivity index (χ3n) is 3.01. The van der Waals surface area contributed by atoms with E-state index in [-0.39, 0.29) is 29.0 Å². The summed E-state index contributed by atoms with van der Waals surface area (Å²) in [6.07, 6.45) is -0.269. The molecule has 0 amide bonds. The Labute approximate surface area is 120 Å². The van der Waals surface area contributed by atoms with Crippen molar-refractivity contribution in [2.45, 2.75) is 6.42 Å². The molecule has 0 aliphatic carbocycles. The van der Waals surface area contributed by atoms with Gasteiger partial charge >= 0.3 is 0 Å². The summed E-state index contributed by atoms with van der Waals surface area (Å²) in [6.45, 7) is 0. The molecule has 0 fully saturated rings. The third-order valence-corrected chi connectivity index (χ3v) is 3.01. The van der Waals surface area contributed by atoms with Crippen LogP contribution in [0.4, 0.5) is 10.1 Å². The van der Waals surface area contributed by atoms with E-state index < -0.39 is 16.5 Å². The van der Waals surface area contributed by atoms with E-state index in [1.54, 1.807) is 6.07 Å². The van der Waals surface area contributed by atoms with Crippen LogP contribution in [0.2, 0.25) is 0 Å². The Morgan fingerprint density at radius 1 is 1.24 bits per heavy atom. The van der Waals surface area contributed by atoms with Crippen LogP contribution >= 0.6 is 0 Å². The van der Waals surface area contributed by atoms with E-state index in [0.29, 0.717) is 0 Å². The number of ketones is 1. The minimum absolute atomic E-state index is 0.110. The van der Waals surface area contributed by atoms with Crippen molar-refractivity contribution in [3.8, 4) is 5.75 Å². The maximum atomic E-state index is 13.8. The Hall–Kier alpha value is -2.76. The van der Waals surface area contributed by atoms with Crippen LogP contribution in [-0.4, -0.2) is 17.8 Å². The zero-order valence-electron chi connectivity index (χ0n) is 11.2.